The molecule has 0 aliphatic heterocycles. The number of carboxylic acid groups (broad SMARTS) is 1. The van der Waals surface area contributed by atoms with Gasteiger partial charge >= 0.3 is 5.97 Å². The third-order valence-electron chi connectivity index (χ3n) is 7.68. The fourth-order valence-electron chi connectivity index (χ4n) is 4.82. The maximum absolute atomic E-state index is 11.7. The predicted octanol–water partition coefficient (Wildman–Crippen LogP) is 8.46. The van der Waals surface area contributed by atoms with Gasteiger partial charge in [-0.1, -0.05) is 111 Å². The highest BCUT2D eigenvalue weighted by atomic mass is 16.5. The average molecular weight is 578 g/mol. The molecule has 0 heterocycles. The van der Waals surface area contributed by atoms with Gasteiger partial charge in [0.25, 0.3) is 0 Å². The number of nitrogens with zero attached hydrogens (tertiary/aromatic N) is 1. The lowest BCUT2D eigenvalue weighted by atomic mass is 10.0. The van der Waals surface area contributed by atoms with Crippen molar-refractivity contribution in [1.29, 1.82) is 0 Å². The summed E-state index contributed by atoms with van der Waals surface area (Å²) in [5.41, 5.74) is 5.71. The molecule has 0 saturated heterocycles. The standard InChI is InChI=1S/C34H35NO4.C4H8/c36-24-10-2-9-22-35(25-31-14-5-7-15-32(31)34(37)38)23-21-30-13-6-8-16-33(30)39-26-27-17-19-29(20-18-27)28-11-3-1-4-12-28;1-4-2-3-4/h1,3-8,11-20,24H,2,9-10,21-23,25-26H2,(H,37,38);4H,2-3H2,1H3. The monoisotopic (exact) mass is 577 g/mol. The number of benzene rings is 4. The van der Waals surface area contributed by atoms with Crippen LogP contribution in [0, 0.1) is 5.92 Å². The number of rotatable bonds is 15. The normalized spacial score (nSPS) is 12.3. The molecule has 4 aromatic rings. The summed E-state index contributed by atoms with van der Waals surface area (Å²) >= 11 is 0. The Morgan fingerprint density at radius 1 is 0.814 bits per heavy atom. The van der Waals surface area contributed by atoms with Gasteiger partial charge < -0.3 is 14.6 Å². The molecule has 1 aliphatic carbocycles. The Bertz CT molecular complexity index is 1410. The number of ether oxygens (including phenoxy) is 1. The zero-order valence-electron chi connectivity index (χ0n) is 25.2. The quantitative estimate of drug-likeness (QED) is 0.113. The first-order valence-electron chi connectivity index (χ1n) is 15.4. The fourth-order valence-corrected chi connectivity index (χ4v) is 4.82. The van der Waals surface area contributed by atoms with Gasteiger partial charge in [0.2, 0.25) is 0 Å². The summed E-state index contributed by atoms with van der Waals surface area (Å²) in [6.07, 6.45) is 6.94. The van der Waals surface area contributed by atoms with Crippen LogP contribution in [-0.2, 0) is 24.4 Å². The zero-order valence-corrected chi connectivity index (χ0v) is 25.2. The molecule has 0 aromatic heterocycles. The first kappa shape index (κ1) is 31.7. The molecule has 224 valence electrons. The van der Waals surface area contributed by atoms with Crippen LogP contribution in [0.4, 0.5) is 0 Å². The summed E-state index contributed by atoms with van der Waals surface area (Å²) < 4.78 is 6.25. The van der Waals surface area contributed by atoms with Crippen molar-refractivity contribution in [2.75, 3.05) is 13.1 Å². The second-order valence-electron chi connectivity index (χ2n) is 11.3. The van der Waals surface area contributed by atoms with Crippen LogP contribution < -0.4 is 4.74 Å². The van der Waals surface area contributed by atoms with Gasteiger partial charge in [0.15, 0.2) is 0 Å². The lowest BCUT2D eigenvalue weighted by molar-refractivity contribution is -0.107. The van der Waals surface area contributed by atoms with Crippen molar-refractivity contribution in [2.24, 2.45) is 5.92 Å². The SMILES string of the molecule is CC1CC1.O=CCCCCN(CCc1ccccc1OCc1ccc(-c2ccccc2)cc1)Cc1ccccc1C(=O)O. The van der Waals surface area contributed by atoms with Crippen molar-refractivity contribution < 1.29 is 19.4 Å². The van der Waals surface area contributed by atoms with Gasteiger partial charge in [-0.2, -0.15) is 0 Å². The van der Waals surface area contributed by atoms with E-state index in [0.717, 1.165) is 67.0 Å². The number of hydrogen-bond donors (Lipinski definition) is 1. The number of aldehydes is 1. The van der Waals surface area contributed by atoms with Crippen LogP contribution in [0.5, 0.6) is 5.75 Å². The molecule has 4 aromatic carbocycles. The molecule has 1 N–H and O–H groups in total. The van der Waals surface area contributed by atoms with Crippen molar-refractivity contribution in [2.45, 2.75) is 58.6 Å². The van der Waals surface area contributed by atoms with E-state index in [1.54, 1.807) is 12.1 Å². The Hall–Kier alpha value is -4.22. The molecule has 0 unspecified atom stereocenters. The van der Waals surface area contributed by atoms with Crippen molar-refractivity contribution in [1.82, 2.24) is 4.90 Å². The Labute approximate surface area is 256 Å². The van der Waals surface area contributed by atoms with Crippen molar-refractivity contribution in [3.05, 3.63) is 125 Å². The number of para-hydroxylation sites is 1. The topological polar surface area (TPSA) is 66.8 Å². The highest BCUT2D eigenvalue weighted by Crippen LogP contribution is 2.27. The van der Waals surface area contributed by atoms with E-state index < -0.39 is 5.97 Å². The smallest absolute Gasteiger partial charge is 0.336 e. The molecule has 1 aliphatic rings. The Morgan fingerprint density at radius 2 is 1.44 bits per heavy atom. The van der Waals surface area contributed by atoms with E-state index in [9.17, 15) is 14.7 Å². The minimum absolute atomic E-state index is 0.331. The van der Waals surface area contributed by atoms with Gasteiger partial charge in [-0.25, -0.2) is 4.79 Å². The summed E-state index contributed by atoms with van der Waals surface area (Å²) in [5.74, 6) is 1.03. The summed E-state index contributed by atoms with van der Waals surface area (Å²) in [7, 11) is 0. The van der Waals surface area contributed by atoms with Crippen molar-refractivity contribution in [3.8, 4) is 16.9 Å². The molecule has 1 fully saturated rings. The highest BCUT2D eigenvalue weighted by Gasteiger charge is 2.15. The Balaban J connectivity index is 0.000000975. The van der Waals surface area contributed by atoms with Crippen LogP contribution >= 0.6 is 0 Å². The number of carbonyl (C=O) groups is 2. The van der Waals surface area contributed by atoms with Crippen LogP contribution in [0.15, 0.2) is 103 Å². The second-order valence-corrected chi connectivity index (χ2v) is 11.3. The molecular weight excluding hydrogens is 534 g/mol. The summed E-state index contributed by atoms with van der Waals surface area (Å²) in [6.45, 7) is 4.84. The Kier molecular flexibility index (Phi) is 12.6. The molecule has 5 heteroatoms. The minimum Gasteiger partial charge on any atom is -0.489 e. The molecule has 5 nitrogen and oxygen atoms in total. The molecule has 0 spiro atoms. The van der Waals surface area contributed by atoms with E-state index in [1.807, 2.05) is 48.5 Å². The minimum atomic E-state index is -0.915. The van der Waals surface area contributed by atoms with E-state index in [1.165, 1.54) is 24.0 Å². The number of carboxylic acids is 1. The lowest BCUT2D eigenvalue weighted by Crippen LogP contribution is -2.28. The first-order valence-corrected chi connectivity index (χ1v) is 15.4. The van der Waals surface area contributed by atoms with Gasteiger partial charge in [-0.3, -0.25) is 4.90 Å². The van der Waals surface area contributed by atoms with Gasteiger partial charge in [0.1, 0.15) is 18.6 Å². The van der Waals surface area contributed by atoms with Crippen molar-refractivity contribution in [3.63, 3.8) is 0 Å². The summed E-state index contributed by atoms with van der Waals surface area (Å²) in [4.78, 5) is 24.8. The van der Waals surface area contributed by atoms with Crippen LogP contribution in [0.25, 0.3) is 11.1 Å². The predicted molar refractivity (Wildman–Crippen MR) is 173 cm³/mol. The lowest BCUT2D eigenvalue weighted by Gasteiger charge is -2.24. The Morgan fingerprint density at radius 3 is 2.12 bits per heavy atom. The van der Waals surface area contributed by atoms with Crippen molar-refractivity contribution >= 4 is 12.3 Å². The number of hydrogen-bond acceptors (Lipinski definition) is 4. The van der Waals surface area contributed by atoms with E-state index in [0.29, 0.717) is 25.1 Å². The van der Waals surface area contributed by atoms with E-state index in [4.69, 9.17) is 4.74 Å². The zero-order chi connectivity index (χ0) is 30.3. The van der Waals surface area contributed by atoms with E-state index >= 15 is 0 Å². The molecule has 0 atom stereocenters. The fraction of sp³-hybridized carbons (Fsp3) is 0.316. The number of aromatic carboxylic acids is 1. The third kappa shape index (κ3) is 10.8. The summed E-state index contributed by atoms with van der Waals surface area (Å²) in [6, 6.07) is 34.0. The average Bonchev–Trinajstić information content (AvgIpc) is 3.84. The number of unbranched alkanes of at least 4 members (excludes halogenated alkanes) is 2. The maximum atomic E-state index is 11.7. The van der Waals surface area contributed by atoms with Gasteiger partial charge in [0.05, 0.1) is 5.56 Å². The molecule has 0 bridgehead atoms. The highest BCUT2D eigenvalue weighted by molar-refractivity contribution is 5.89. The molecule has 1 saturated carbocycles. The largest absolute Gasteiger partial charge is 0.489 e. The molecule has 0 radical (unpaired) electrons. The van der Waals surface area contributed by atoms with Gasteiger partial charge in [0, 0.05) is 19.5 Å². The second kappa shape index (κ2) is 17.0. The van der Waals surface area contributed by atoms with E-state index in [2.05, 4.69) is 54.3 Å². The van der Waals surface area contributed by atoms with Gasteiger partial charge in [-0.15, -0.1) is 0 Å². The third-order valence-corrected chi connectivity index (χ3v) is 7.68. The van der Waals surface area contributed by atoms with Crippen LogP contribution in [0.3, 0.4) is 0 Å². The van der Waals surface area contributed by atoms with Crippen LogP contribution in [0.2, 0.25) is 0 Å². The maximum Gasteiger partial charge on any atom is 0.336 e. The van der Waals surface area contributed by atoms with Crippen LogP contribution in [-0.4, -0.2) is 35.4 Å². The molecule has 0 amide bonds. The van der Waals surface area contributed by atoms with Crippen LogP contribution in [0.1, 0.15) is 66.1 Å². The molecular formula is C38H43NO4. The molecule has 5 rings (SSSR count). The first-order chi connectivity index (χ1) is 21.0. The van der Waals surface area contributed by atoms with E-state index in [-0.39, 0.29) is 0 Å². The summed E-state index contributed by atoms with van der Waals surface area (Å²) in [5, 5.41) is 9.62. The number of carbonyl (C=O) groups excluding carboxylic acids is 1. The van der Waals surface area contributed by atoms with Gasteiger partial charge in [-0.05, 0) is 71.7 Å². The molecule has 43 heavy (non-hydrogen) atoms.